The van der Waals surface area contributed by atoms with Gasteiger partial charge in [0.2, 0.25) is 5.91 Å². The van der Waals surface area contributed by atoms with Crippen molar-refractivity contribution in [3.8, 4) is 0 Å². The Morgan fingerprint density at radius 3 is 2.86 bits per heavy atom. The lowest BCUT2D eigenvalue weighted by Gasteiger charge is -2.34. The predicted octanol–water partition coefficient (Wildman–Crippen LogP) is 2.44. The molecule has 0 radical (unpaired) electrons. The lowest BCUT2D eigenvalue weighted by Crippen LogP contribution is -2.43. The molecule has 4 nitrogen and oxygen atoms in total. The Morgan fingerprint density at radius 2 is 2.14 bits per heavy atom. The quantitative estimate of drug-likeness (QED) is 0.875. The Balaban J connectivity index is 1.73. The van der Waals surface area contributed by atoms with Crippen molar-refractivity contribution in [2.45, 2.75) is 32.8 Å². The van der Waals surface area contributed by atoms with Crippen LogP contribution in [-0.2, 0) is 9.53 Å². The van der Waals surface area contributed by atoms with Crippen molar-refractivity contribution >= 4 is 11.6 Å². The van der Waals surface area contributed by atoms with Crippen LogP contribution in [0.2, 0.25) is 0 Å². The van der Waals surface area contributed by atoms with E-state index in [2.05, 4.69) is 48.3 Å². The van der Waals surface area contributed by atoms with E-state index in [4.69, 9.17) is 4.74 Å². The first kappa shape index (κ1) is 15.8. The molecule has 1 N–H and O–H groups in total. The summed E-state index contributed by atoms with van der Waals surface area (Å²) >= 11 is 0. The number of rotatable bonds is 6. The number of anilines is 1. The second-order valence-electron chi connectivity index (χ2n) is 6.01. The Morgan fingerprint density at radius 1 is 1.38 bits per heavy atom. The van der Waals surface area contributed by atoms with Crippen LogP contribution in [0.15, 0.2) is 30.3 Å². The molecule has 1 fully saturated rings. The number of nitrogens with one attached hydrogen (secondary N) is 1. The monoisotopic (exact) mass is 290 g/mol. The molecule has 1 heterocycles. The predicted molar refractivity (Wildman–Crippen MR) is 85.5 cm³/mol. The normalized spacial score (nSPS) is 18.8. The van der Waals surface area contributed by atoms with Crippen molar-refractivity contribution in [1.82, 2.24) is 5.32 Å². The van der Waals surface area contributed by atoms with E-state index in [1.807, 2.05) is 6.07 Å². The van der Waals surface area contributed by atoms with E-state index in [1.54, 1.807) is 0 Å². The fraction of sp³-hybridized carbons (Fsp3) is 0.588. The maximum atomic E-state index is 11.6. The smallest absolute Gasteiger partial charge is 0.220 e. The van der Waals surface area contributed by atoms with E-state index in [9.17, 15) is 4.79 Å². The van der Waals surface area contributed by atoms with Gasteiger partial charge in [0.05, 0.1) is 12.7 Å². The summed E-state index contributed by atoms with van der Waals surface area (Å²) in [5, 5.41) is 2.98. The highest BCUT2D eigenvalue weighted by Crippen LogP contribution is 2.18. The average Bonchev–Trinajstić information content (AvgIpc) is 2.48. The molecule has 21 heavy (non-hydrogen) atoms. The highest BCUT2D eigenvalue weighted by Gasteiger charge is 2.20. The van der Waals surface area contributed by atoms with Gasteiger partial charge in [0, 0.05) is 31.7 Å². The minimum atomic E-state index is 0.140. The third-order valence-corrected chi connectivity index (χ3v) is 3.64. The van der Waals surface area contributed by atoms with Gasteiger partial charge < -0.3 is 15.0 Å². The third kappa shape index (κ3) is 5.38. The van der Waals surface area contributed by atoms with Gasteiger partial charge in [0.15, 0.2) is 0 Å². The SMILES string of the molecule is CC(C)CC(=O)NCCC1CN(c2ccccc2)CCO1. The molecule has 0 aromatic heterocycles. The fourth-order valence-corrected chi connectivity index (χ4v) is 2.58. The van der Waals surface area contributed by atoms with E-state index in [0.29, 0.717) is 18.9 Å². The molecule has 0 spiro atoms. The molecule has 2 rings (SSSR count). The Hall–Kier alpha value is -1.55. The first-order valence-corrected chi connectivity index (χ1v) is 7.83. The molecule has 1 amide bonds. The minimum Gasteiger partial charge on any atom is -0.374 e. The van der Waals surface area contributed by atoms with Crippen molar-refractivity contribution in [2.24, 2.45) is 5.92 Å². The number of amides is 1. The highest BCUT2D eigenvalue weighted by atomic mass is 16.5. The molecule has 1 unspecified atom stereocenters. The fourth-order valence-electron chi connectivity index (χ4n) is 2.58. The zero-order chi connectivity index (χ0) is 15.1. The second kappa shape index (κ2) is 8.03. The summed E-state index contributed by atoms with van der Waals surface area (Å²) in [6.07, 6.45) is 1.66. The molecule has 1 aliphatic rings. The molecule has 1 saturated heterocycles. The van der Waals surface area contributed by atoms with E-state index >= 15 is 0 Å². The van der Waals surface area contributed by atoms with Gasteiger partial charge in [-0.2, -0.15) is 0 Å². The minimum absolute atomic E-state index is 0.140. The van der Waals surface area contributed by atoms with Gasteiger partial charge in [0.25, 0.3) is 0 Å². The maximum absolute atomic E-state index is 11.6. The Kier molecular flexibility index (Phi) is 6.05. The molecule has 0 bridgehead atoms. The molecule has 1 aromatic rings. The van der Waals surface area contributed by atoms with Crippen LogP contribution in [0.3, 0.4) is 0 Å². The number of nitrogens with zero attached hydrogens (tertiary/aromatic N) is 1. The summed E-state index contributed by atoms with van der Waals surface area (Å²) in [6.45, 7) is 7.38. The zero-order valence-electron chi connectivity index (χ0n) is 13.0. The Labute approximate surface area is 127 Å². The summed E-state index contributed by atoms with van der Waals surface area (Å²) < 4.78 is 5.80. The van der Waals surface area contributed by atoms with Crippen LogP contribution in [0, 0.1) is 5.92 Å². The summed E-state index contributed by atoms with van der Waals surface area (Å²) in [6, 6.07) is 10.4. The molecule has 0 aliphatic carbocycles. The number of benzene rings is 1. The van der Waals surface area contributed by atoms with Crippen molar-refractivity contribution in [3.05, 3.63) is 30.3 Å². The first-order valence-electron chi connectivity index (χ1n) is 7.83. The van der Waals surface area contributed by atoms with Gasteiger partial charge in [-0.15, -0.1) is 0 Å². The van der Waals surface area contributed by atoms with Crippen LogP contribution in [0.1, 0.15) is 26.7 Å². The number of morpholine rings is 1. The van der Waals surface area contributed by atoms with E-state index in [0.717, 1.165) is 26.1 Å². The van der Waals surface area contributed by atoms with Gasteiger partial charge in [-0.25, -0.2) is 0 Å². The number of hydrogen-bond donors (Lipinski definition) is 1. The van der Waals surface area contributed by atoms with Crippen molar-refractivity contribution in [2.75, 3.05) is 31.1 Å². The molecule has 0 saturated carbocycles. The number of carbonyl (C=O) groups is 1. The highest BCUT2D eigenvalue weighted by molar-refractivity contribution is 5.75. The van der Waals surface area contributed by atoms with Crippen LogP contribution in [0.25, 0.3) is 0 Å². The van der Waals surface area contributed by atoms with Gasteiger partial charge in [0.1, 0.15) is 0 Å². The van der Waals surface area contributed by atoms with Gasteiger partial charge >= 0.3 is 0 Å². The number of carbonyl (C=O) groups excluding carboxylic acids is 1. The van der Waals surface area contributed by atoms with Crippen molar-refractivity contribution in [3.63, 3.8) is 0 Å². The van der Waals surface area contributed by atoms with E-state index in [-0.39, 0.29) is 12.0 Å². The standard InChI is InChI=1S/C17H26N2O2/c1-14(2)12-17(20)18-9-8-16-13-19(10-11-21-16)15-6-4-3-5-7-15/h3-7,14,16H,8-13H2,1-2H3,(H,18,20). The molecular weight excluding hydrogens is 264 g/mol. The first-order chi connectivity index (χ1) is 10.1. The average molecular weight is 290 g/mol. The van der Waals surface area contributed by atoms with Crippen molar-refractivity contribution < 1.29 is 9.53 Å². The third-order valence-electron chi connectivity index (χ3n) is 3.64. The Bertz CT molecular complexity index is 434. The van der Waals surface area contributed by atoms with Crippen LogP contribution in [0.4, 0.5) is 5.69 Å². The van der Waals surface area contributed by atoms with Crippen LogP contribution in [0.5, 0.6) is 0 Å². The van der Waals surface area contributed by atoms with Crippen LogP contribution in [-0.4, -0.2) is 38.3 Å². The van der Waals surface area contributed by atoms with Crippen LogP contribution >= 0.6 is 0 Å². The van der Waals surface area contributed by atoms with Crippen molar-refractivity contribution in [1.29, 1.82) is 0 Å². The summed E-state index contributed by atoms with van der Waals surface area (Å²) in [5.41, 5.74) is 1.25. The molecule has 116 valence electrons. The van der Waals surface area contributed by atoms with Gasteiger partial charge in [-0.05, 0) is 24.5 Å². The van der Waals surface area contributed by atoms with E-state index in [1.165, 1.54) is 5.69 Å². The van der Waals surface area contributed by atoms with E-state index < -0.39 is 0 Å². The molecule has 1 aliphatic heterocycles. The summed E-state index contributed by atoms with van der Waals surface area (Å²) in [4.78, 5) is 14.0. The summed E-state index contributed by atoms with van der Waals surface area (Å²) in [7, 11) is 0. The maximum Gasteiger partial charge on any atom is 0.220 e. The molecular formula is C17H26N2O2. The van der Waals surface area contributed by atoms with Gasteiger partial charge in [-0.3, -0.25) is 4.79 Å². The topological polar surface area (TPSA) is 41.6 Å². The zero-order valence-corrected chi connectivity index (χ0v) is 13.0. The molecule has 4 heteroatoms. The summed E-state index contributed by atoms with van der Waals surface area (Å²) in [5.74, 6) is 0.547. The number of ether oxygens (including phenoxy) is 1. The second-order valence-corrected chi connectivity index (χ2v) is 6.01. The van der Waals surface area contributed by atoms with Gasteiger partial charge in [-0.1, -0.05) is 32.0 Å². The largest absolute Gasteiger partial charge is 0.374 e. The molecule has 1 atom stereocenters. The lowest BCUT2D eigenvalue weighted by atomic mass is 10.1. The van der Waals surface area contributed by atoms with Crippen LogP contribution < -0.4 is 10.2 Å². The number of hydrogen-bond acceptors (Lipinski definition) is 3. The number of para-hydroxylation sites is 1. The molecule has 1 aromatic carbocycles. The lowest BCUT2D eigenvalue weighted by molar-refractivity contribution is -0.121.